The minimum absolute atomic E-state index is 0.0981. The highest BCUT2D eigenvalue weighted by Gasteiger charge is 2.47. The third-order valence-corrected chi connectivity index (χ3v) is 8.28. The monoisotopic (exact) mass is 619 g/mol. The summed E-state index contributed by atoms with van der Waals surface area (Å²) in [6, 6.07) is 13.5. The minimum Gasteiger partial charge on any atom is -0.451 e. The fraction of sp³-hybridized carbons (Fsp3) is 0.345. The molecule has 1 amide bonds. The van der Waals surface area contributed by atoms with Crippen LogP contribution in [0.2, 0.25) is 0 Å². The molecule has 10 nitrogen and oxygen atoms in total. The van der Waals surface area contributed by atoms with Gasteiger partial charge >= 0.3 is 12.3 Å². The van der Waals surface area contributed by atoms with Crippen molar-refractivity contribution in [2.45, 2.75) is 35.8 Å². The number of thioether (sulfide) groups is 1. The third-order valence-electron chi connectivity index (χ3n) is 7.15. The van der Waals surface area contributed by atoms with E-state index in [1.54, 1.807) is 16.8 Å². The molecule has 14 heteroatoms. The lowest BCUT2D eigenvalue weighted by atomic mass is 9.94. The molecular formula is C29H28F3N3O7S. The molecule has 2 aliphatic rings. The van der Waals surface area contributed by atoms with E-state index in [4.69, 9.17) is 18.9 Å². The van der Waals surface area contributed by atoms with Crippen molar-refractivity contribution in [2.75, 3.05) is 38.8 Å². The van der Waals surface area contributed by atoms with E-state index < -0.39 is 60.7 Å². The first kappa shape index (κ1) is 30.3. The SMILES string of the molecule is COCCOC(=O)OCOc1c2n(ccc1=O)N([C@H]1c3ccccc3CSc3ccccc31)CN([C@@H](C)C(F)(F)F)C2=O. The second-order valence-corrected chi connectivity index (χ2v) is 10.7. The summed E-state index contributed by atoms with van der Waals surface area (Å²) in [4.78, 5) is 40.2. The molecule has 0 bridgehead atoms. The molecule has 0 saturated heterocycles. The van der Waals surface area contributed by atoms with Gasteiger partial charge in [-0.25, -0.2) is 4.79 Å². The Hall–Kier alpha value is -4.17. The van der Waals surface area contributed by atoms with E-state index in [-0.39, 0.29) is 13.2 Å². The number of pyridine rings is 1. The molecule has 0 aliphatic carbocycles. The van der Waals surface area contributed by atoms with Crippen molar-refractivity contribution in [2.24, 2.45) is 0 Å². The first-order valence-electron chi connectivity index (χ1n) is 13.2. The Morgan fingerprint density at radius 1 is 1.02 bits per heavy atom. The van der Waals surface area contributed by atoms with Crippen LogP contribution in [0.1, 0.15) is 40.1 Å². The molecule has 0 N–H and O–H groups in total. The Bertz CT molecular complexity index is 1520. The Morgan fingerprint density at radius 3 is 2.49 bits per heavy atom. The van der Waals surface area contributed by atoms with Gasteiger partial charge in [0.1, 0.15) is 19.3 Å². The van der Waals surface area contributed by atoms with Crippen LogP contribution in [0.3, 0.4) is 0 Å². The van der Waals surface area contributed by atoms with Gasteiger partial charge < -0.3 is 23.8 Å². The van der Waals surface area contributed by atoms with Crippen LogP contribution < -0.4 is 15.2 Å². The largest absolute Gasteiger partial charge is 0.511 e. The zero-order chi connectivity index (χ0) is 30.7. The van der Waals surface area contributed by atoms with Gasteiger partial charge in [0.15, 0.2) is 5.69 Å². The van der Waals surface area contributed by atoms with Gasteiger partial charge in [0.2, 0.25) is 18.0 Å². The molecule has 0 unspecified atom stereocenters. The number of aromatic nitrogens is 1. The first-order valence-corrected chi connectivity index (χ1v) is 14.2. The number of nitrogens with zero attached hydrogens (tertiary/aromatic N) is 3. The van der Waals surface area contributed by atoms with Gasteiger partial charge in [-0.2, -0.15) is 13.2 Å². The van der Waals surface area contributed by atoms with Crippen LogP contribution in [0, 0.1) is 0 Å². The van der Waals surface area contributed by atoms with E-state index >= 15 is 0 Å². The summed E-state index contributed by atoms with van der Waals surface area (Å²) in [6.07, 6.45) is -4.54. The molecule has 2 aromatic carbocycles. The van der Waals surface area contributed by atoms with Gasteiger partial charge in [0.25, 0.3) is 5.91 Å². The molecule has 43 heavy (non-hydrogen) atoms. The number of benzene rings is 2. The molecule has 228 valence electrons. The molecular weight excluding hydrogens is 591 g/mol. The maximum atomic E-state index is 14.1. The number of ether oxygens (including phenoxy) is 4. The van der Waals surface area contributed by atoms with Crippen LogP contribution in [-0.2, 0) is 20.0 Å². The Balaban J connectivity index is 1.62. The fourth-order valence-electron chi connectivity index (χ4n) is 4.96. The number of methoxy groups -OCH3 is 1. The third kappa shape index (κ3) is 6.15. The number of halogens is 3. The van der Waals surface area contributed by atoms with Crippen molar-refractivity contribution in [1.82, 2.24) is 9.58 Å². The number of hydrogen-bond acceptors (Lipinski definition) is 9. The normalized spacial score (nSPS) is 16.9. The van der Waals surface area contributed by atoms with Gasteiger partial charge in [0.05, 0.1) is 12.6 Å². The molecule has 2 aliphatic heterocycles. The second-order valence-electron chi connectivity index (χ2n) is 9.70. The highest BCUT2D eigenvalue weighted by Crippen LogP contribution is 2.43. The highest BCUT2D eigenvalue weighted by atomic mass is 32.2. The summed E-state index contributed by atoms with van der Waals surface area (Å²) in [5.74, 6) is -1.01. The average molecular weight is 620 g/mol. The molecule has 0 radical (unpaired) electrons. The van der Waals surface area contributed by atoms with Crippen molar-refractivity contribution in [3.63, 3.8) is 0 Å². The van der Waals surface area contributed by atoms with Gasteiger partial charge in [-0.1, -0.05) is 42.5 Å². The highest BCUT2D eigenvalue weighted by molar-refractivity contribution is 7.98. The molecule has 3 aromatic rings. The van der Waals surface area contributed by atoms with Crippen LogP contribution in [0.5, 0.6) is 5.75 Å². The molecule has 0 fully saturated rings. The summed E-state index contributed by atoms with van der Waals surface area (Å²) in [5, 5.41) is 1.61. The van der Waals surface area contributed by atoms with Crippen LogP contribution in [0.15, 0.2) is 70.5 Å². The fourth-order valence-corrected chi connectivity index (χ4v) is 6.06. The summed E-state index contributed by atoms with van der Waals surface area (Å²) >= 11 is 1.60. The topological polar surface area (TPSA) is 99.5 Å². The lowest BCUT2D eigenvalue weighted by Crippen LogP contribution is -2.60. The van der Waals surface area contributed by atoms with E-state index in [1.165, 1.54) is 18.0 Å². The summed E-state index contributed by atoms with van der Waals surface area (Å²) in [5.41, 5.74) is 1.41. The number of carbonyl (C=O) groups excluding carboxylic acids is 2. The lowest BCUT2D eigenvalue weighted by molar-refractivity contribution is -0.173. The predicted molar refractivity (Wildman–Crippen MR) is 150 cm³/mol. The smallest absolute Gasteiger partial charge is 0.451 e. The van der Waals surface area contributed by atoms with Crippen molar-refractivity contribution in [1.29, 1.82) is 0 Å². The number of rotatable bonds is 8. The second kappa shape index (κ2) is 12.6. The van der Waals surface area contributed by atoms with Crippen LogP contribution in [0.4, 0.5) is 18.0 Å². The van der Waals surface area contributed by atoms with E-state index in [0.717, 1.165) is 34.6 Å². The first-order chi connectivity index (χ1) is 20.6. The van der Waals surface area contributed by atoms with Crippen LogP contribution in [-0.4, -0.2) is 67.6 Å². The Kier molecular flexibility index (Phi) is 8.87. The number of hydrogen-bond donors (Lipinski definition) is 0. The van der Waals surface area contributed by atoms with Gasteiger partial charge in [-0.15, -0.1) is 11.8 Å². The standard InChI is InChI=1S/C29H28F3N3O7S/c1-18(29(30,31)32)33-16-35(24-20-8-4-3-7-19(20)15-43-23-10-6-5-9-21(23)24)34-12-11-22(36)26(25(34)27(33)37)41-17-42-28(38)40-14-13-39-2/h3-12,18,24H,13-17H2,1-2H3/t18-,24-/m0/s1. The van der Waals surface area contributed by atoms with E-state index in [2.05, 4.69) is 0 Å². The maximum Gasteiger partial charge on any atom is 0.511 e. The van der Waals surface area contributed by atoms with E-state index in [0.29, 0.717) is 10.7 Å². The van der Waals surface area contributed by atoms with Crippen molar-refractivity contribution in [3.8, 4) is 5.75 Å². The van der Waals surface area contributed by atoms with Crippen molar-refractivity contribution >= 4 is 23.8 Å². The van der Waals surface area contributed by atoms with Crippen LogP contribution in [0.25, 0.3) is 0 Å². The molecule has 5 rings (SSSR count). The van der Waals surface area contributed by atoms with Crippen LogP contribution >= 0.6 is 11.8 Å². The molecule has 0 saturated carbocycles. The van der Waals surface area contributed by atoms with E-state index in [9.17, 15) is 27.6 Å². The average Bonchev–Trinajstić information content (AvgIpc) is 3.15. The lowest BCUT2D eigenvalue weighted by Gasteiger charge is -2.46. The van der Waals surface area contributed by atoms with Crippen molar-refractivity contribution in [3.05, 3.63) is 93.4 Å². The Labute approximate surface area is 248 Å². The number of carbonyl (C=O) groups is 2. The zero-order valence-corrected chi connectivity index (χ0v) is 24.0. The van der Waals surface area contributed by atoms with E-state index in [1.807, 2.05) is 48.5 Å². The molecule has 0 spiro atoms. The van der Waals surface area contributed by atoms with Gasteiger partial charge in [-0.3, -0.25) is 19.3 Å². The molecule has 1 aromatic heterocycles. The van der Waals surface area contributed by atoms with Crippen molar-refractivity contribution < 1.29 is 41.7 Å². The quantitative estimate of drug-likeness (QED) is 0.202. The number of amides is 1. The minimum atomic E-state index is -4.76. The summed E-state index contributed by atoms with van der Waals surface area (Å²) < 4.78 is 63.5. The number of fused-ring (bicyclic) bond motifs is 3. The molecule has 2 atom stereocenters. The maximum absolute atomic E-state index is 14.1. The summed E-state index contributed by atoms with van der Waals surface area (Å²) in [7, 11) is 1.41. The Morgan fingerprint density at radius 2 is 1.74 bits per heavy atom. The van der Waals surface area contributed by atoms with Gasteiger partial charge in [0, 0.05) is 30.0 Å². The zero-order valence-electron chi connectivity index (χ0n) is 23.2. The van der Waals surface area contributed by atoms with Gasteiger partial charge in [-0.05, 0) is 29.7 Å². The predicted octanol–water partition coefficient (Wildman–Crippen LogP) is 4.68. The molecule has 3 heterocycles. The number of alkyl halides is 3. The summed E-state index contributed by atoms with van der Waals surface area (Å²) in [6.45, 7) is -0.371.